The molecule has 1 atom stereocenters. The average Bonchev–Trinajstić information content (AvgIpc) is 2.47. The molecule has 6 heteroatoms. The van der Waals surface area contributed by atoms with Crippen molar-refractivity contribution in [3.8, 4) is 0 Å². The minimum atomic E-state index is -0.995. The predicted octanol–water partition coefficient (Wildman–Crippen LogP) is 3.10. The molecule has 0 radical (unpaired) electrons. The number of carbonyl (C=O) groups is 2. The molecule has 0 aliphatic carbocycles. The first-order valence-electron chi connectivity index (χ1n) is 7.11. The highest BCUT2D eigenvalue weighted by Crippen LogP contribution is 2.34. The van der Waals surface area contributed by atoms with Crippen molar-refractivity contribution in [2.24, 2.45) is 5.92 Å². The predicted molar refractivity (Wildman–Crippen MR) is 85.9 cm³/mol. The molecule has 1 aliphatic rings. The number of thioether (sulfide) groups is 2. The van der Waals surface area contributed by atoms with Crippen LogP contribution in [0.1, 0.15) is 39.5 Å². The van der Waals surface area contributed by atoms with Gasteiger partial charge in [0.25, 0.3) is 5.91 Å². The van der Waals surface area contributed by atoms with E-state index in [2.05, 4.69) is 19.2 Å². The molecule has 2 N–H and O–H groups in total. The summed E-state index contributed by atoms with van der Waals surface area (Å²) in [5.41, 5.74) is 0. The summed E-state index contributed by atoms with van der Waals surface area (Å²) in [6.45, 7) is 4.92. The standard InChI is InChI=1S/C14H23NO3S2/c1-3-5-6-10(4-2)9-15-13(16)11-12(14(17)18)20-8-7-19-11/h10H,3-9H2,1-2H3,(H,15,16)(H,17,18). The van der Waals surface area contributed by atoms with Crippen LogP contribution in [0.15, 0.2) is 9.81 Å². The molecular weight excluding hydrogens is 294 g/mol. The molecule has 0 aromatic rings. The number of carboxylic acid groups (broad SMARTS) is 1. The van der Waals surface area contributed by atoms with E-state index in [1.165, 1.54) is 29.9 Å². The van der Waals surface area contributed by atoms with Crippen LogP contribution in [-0.4, -0.2) is 35.0 Å². The van der Waals surface area contributed by atoms with Crippen LogP contribution in [0.4, 0.5) is 0 Å². The van der Waals surface area contributed by atoms with Gasteiger partial charge in [-0.3, -0.25) is 4.79 Å². The van der Waals surface area contributed by atoms with E-state index in [1.807, 2.05) is 0 Å². The van der Waals surface area contributed by atoms with E-state index < -0.39 is 5.97 Å². The first-order chi connectivity index (χ1) is 9.60. The molecule has 1 heterocycles. The Morgan fingerprint density at radius 2 is 1.90 bits per heavy atom. The van der Waals surface area contributed by atoms with Crippen molar-refractivity contribution in [1.82, 2.24) is 5.32 Å². The van der Waals surface area contributed by atoms with Gasteiger partial charge in [-0.25, -0.2) is 4.79 Å². The van der Waals surface area contributed by atoms with Gasteiger partial charge in [-0.05, 0) is 12.3 Å². The van der Waals surface area contributed by atoms with E-state index in [9.17, 15) is 9.59 Å². The summed E-state index contributed by atoms with van der Waals surface area (Å²) in [7, 11) is 0. The number of carbonyl (C=O) groups excluding carboxylic acids is 1. The normalized spacial score (nSPS) is 16.9. The average molecular weight is 317 g/mol. The van der Waals surface area contributed by atoms with Gasteiger partial charge in [-0.2, -0.15) is 0 Å². The van der Waals surface area contributed by atoms with Gasteiger partial charge in [-0.1, -0.05) is 33.1 Å². The van der Waals surface area contributed by atoms with Crippen molar-refractivity contribution in [2.75, 3.05) is 18.1 Å². The fourth-order valence-corrected chi connectivity index (χ4v) is 4.20. The molecule has 0 fully saturated rings. The van der Waals surface area contributed by atoms with Gasteiger partial charge in [0.1, 0.15) is 4.91 Å². The lowest BCUT2D eigenvalue weighted by Gasteiger charge is -2.19. The summed E-state index contributed by atoms with van der Waals surface area (Å²) < 4.78 is 0. The van der Waals surface area contributed by atoms with Crippen LogP contribution in [0.2, 0.25) is 0 Å². The van der Waals surface area contributed by atoms with Crippen LogP contribution < -0.4 is 5.32 Å². The lowest BCUT2D eigenvalue weighted by Crippen LogP contribution is -2.31. The molecule has 0 aromatic carbocycles. The van der Waals surface area contributed by atoms with Crippen molar-refractivity contribution in [2.45, 2.75) is 39.5 Å². The second-order valence-corrected chi connectivity index (χ2v) is 7.00. The van der Waals surface area contributed by atoms with Crippen molar-refractivity contribution >= 4 is 35.4 Å². The minimum Gasteiger partial charge on any atom is -0.477 e. The van der Waals surface area contributed by atoms with Gasteiger partial charge in [0.2, 0.25) is 0 Å². The molecule has 0 bridgehead atoms. The quantitative estimate of drug-likeness (QED) is 0.720. The Morgan fingerprint density at radius 1 is 1.25 bits per heavy atom. The number of rotatable bonds is 8. The summed E-state index contributed by atoms with van der Waals surface area (Å²) in [6, 6.07) is 0. The van der Waals surface area contributed by atoms with Gasteiger partial charge in [0, 0.05) is 18.1 Å². The first-order valence-corrected chi connectivity index (χ1v) is 9.08. The Kier molecular flexibility index (Phi) is 8.14. The summed E-state index contributed by atoms with van der Waals surface area (Å²) in [5, 5.41) is 12.0. The molecule has 4 nitrogen and oxygen atoms in total. The van der Waals surface area contributed by atoms with Gasteiger partial charge >= 0.3 is 5.97 Å². The highest BCUT2D eigenvalue weighted by molar-refractivity contribution is 8.11. The Bertz CT molecular complexity index is 383. The van der Waals surface area contributed by atoms with E-state index in [1.54, 1.807) is 0 Å². The van der Waals surface area contributed by atoms with Crippen molar-refractivity contribution in [3.05, 3.63) is 9.81 Å². The lowest BCUT2D eigenvalue weighted by molar-refractivity contribution is -0.132. The molecule has 0 saturated heterocycles. The number of hydrogen-bond donors (Lipinski definition) is 2. The Balaban J connectivity index is 2.58. The lowest BCUT2D eigenvalue weighted by atomic mass is 9.99. The first kappa shape index (κ1) is 17.4. The number of hydrogen-bond acceptors (Lipinski definition) is 4. The summed E-state index contributed by atoms with van der Waals surface area (Å²) in [6.07, 6.45) is 4.47. The molecular formula is C14H23NO3S2. The summed E-state index contributed by atoms with van der Waals surface area (Å²) in [5.74, 6) is 0.794. The topological polar surface area (TPSA) is 66.4 Å². The van der Waals surface area contributed by atoms with Crippen LogP contribution in [0.5, 0.6) is 0 Å². The van der Waals surface area contributed by atoms with Gasteiger partial charge in [0.05, 0.1) is 4.91 Å². The van der Waals surface area contributed by atoms with E-state index >= 15 is 0 Å². The smallest absolute Gasteiger partial charge is 0.343 e. The van der Waals surface area contributed by atoms with Crippen LogP contribution in [0.3, 0.4) is 0 Å². The molecule has 1 amide bonds. The summed E-state index contributed by atoms with van der Waals surface area (Å²) >= 11 is 2.61. The third-order valence-corrected chi connectivity index (χ3v) is 5.83. The molecule has 1 aliphatic heterocycles. The number of unbranched alkanes of at least 4 members (excludes halogenated alkanes) is 1. The minimum absolute atomic E-state index is 0.195. The van der Waals surface area contributed by atoms with Crippen molar-refractivity contribution in [1.29, 1.82) is 0 Å². The van der Waals surface area contributed by atoms with Gasteiger partial charge in [-0.15, -0.1) is 23.5 Å². The van der Waals surface area contributed by atoms with E-state index in [0.717, 1.165) is 30.8 Å². The Labute approximate surface area is 129 Å². The van der Waals surface area contributed by atoms with Gasteiger partial charge < -0.3 is 10.4 Å². The molecule has 0 aromatic heterocycles. The second-order valence-electron chi connectivity index (χ2n) is 4.79. The zero-order chi connectivity index (χ0) is 15.0. The van der Waals surface area contributed by atoms with Crippen LogP contribution in [-0.2, 0) is 9.59 Å². The maximum Gasteiger partial charge on any atom is 0.343 e. The van der Waals surface area contributed by atoms with E-state index in [4.69, 9.17) is 5.11 Å². The molecule has 1 rings (SSSR count). The zero-order valence-electron chi connectivity index (χ0n) is 12.1. The van der Waals surface area contributed by atoms with Crippen LogP contribution in [0, 0.1) is 5.92 Å². The Hall–Kier alpha value is -0.620. The highest BCUT2D eigenvalue weighted by Gasteiger charge is 2.25. The summed E-state index contributed by atoms with van der Waals surface area (Å²) in [4.78, 5) is 23.8. The molecule has 114 valence electrons. The fraction of sp³-hybridized carbons (Fsp3) is 0.714. The van der Waals surface area contributed by atoms with Crippen LogP contribution in [0.25, 0.3) is 0 Å². The van der Waals surface area contributed by atoms with E-state index in [-0.39, 0.29) is 10.8 Å². The third-order valence-electron chi connectivity index (χ3n) is 3.28. The van der Waals surface area contributed by atoms with Crippen LogP contribution >= 0.6 is 23.5 Å². The van der Waals surface area contributed by atoms with E-state index in [0.29, 0.717) is 17.4 Å². The fourth-order valence-electron chi connectivity index (χ4n) is 2.01. The molecule has 0 spiro atoms. The monoisotopic (exact) mass is 317 g/mol. The molecule has 1 unspecified atom stereocenters. The maximum atomic E-state index is 12.1. The number of aliphatic carboxylic acids is 1. The largest absolute Gasteiger partial charge is 0.477 e. The Morgan fingerprint density at radius 3 is 2.45 bits per heavy atom. The maximum absolute atomic E-state index is 12.1. The third kappa shape index (κ3) is 5.40. The molecule has 0 saturated carbocycles. The zero-order valence-corrected chi connectivity index (χ0v) is 13.7. The van der Waals surface area contributed by atoms with Crippen molar-refractivity contribution in [3.63, 3.8) is 0 Å². The second kappa shape index (κ2) is 9.34. The molecule has 20 heavy (non-hydrogen) atoms. The SMILES string of the molecule is CCCCC(CC)CNC(=O)C1=C(C(=O)O)SCCS1. The van der Waals surface area contributed by atoms with Gasteiger partial charge in [0.15, 0.2) is 0 Å². The number of carboxylic acids is 1. The number of amides is 1. The van der Waals surface area contributed by atoms with Crippen molar-refractivity contribution < 1.29 is 14.7 Å². The number of nitrogens with one attached hydrogen (secondary N) is 1. The highest BCUT2D eigenvalue weighted by atomic mass is 32.2.